The summed E-state index contributed by atoms with van der Waals surface area (Å²) in [6, 6.07) is 17.9. The summed E-state index contributed by atoms with van der Waals surface area (Å²) in [6.45, 7) is 3.74. The van der Waals surface area contributed by atoms with Gasteiger partial charge in [-0.05, 0) is 66.3 Å². The van der Waals surface area contributed by atoms with Crippen LogP contribution in [0.2, 0.25) is 0 Å². The van der Waals surface area contributed by atoms with Crippen molar-refractivity contribution in [2.75, 3.05) is 13.7 Å². The van der Waals surface area contributed by atoms with Crippen LogP contribution < -0.4 is 9.47 Å². The largest absolute Gasteiger partial charge is 0.493 e. The fraction of sp³-hybridized carbons (Fsp3) is 0.333. The highest BCUT2D eigenvalue weighted by atomic mass is 19.1. The summed E-state index contributed by atoms with van der Waals surface area (Å²) in [4.78, 5) is 2.49. The van der Waals surface area contributed by atoms with Crippen LogP contribution in [0.5, 0.6) is 11.5 Å². The van der Waals surface area contributed by atoms with Crippen LogP contribution in [0.3, 0.4) is 0 Å². The number of hydrogen-bond acceptors (Lipinski definition) is 4. The van der Waals surface area contributed by atoms with E-state index in [1.807, 2.05) is 23.6 Å². The smallest absolute Gasteiger partial charge is 0.162 e. The Bertz CT molecular complexity index is 1430. The minimum Gasteiger partial charge on any atom is -0.493 e. The SMILES string of the molecule is C.COc1cc2c(cc1OCc1ccc(C)cc1F)C1Cc3c(n(CO)c4ccccc34)CN1CC2. The Balaban J connectivity index is 0.00000267. The molecule has 1 N–H and O–H groups in total. The van der Waals surface area contributed by atoms with Gasteiger partial charge in [-0.1, -0.05) is 37.8 Å². The van der Waals surface area contributed by atoms with E-state index < -0.39 is 0 Å². The van der Waals surface area contributed by atoms with Crippen LogP contribution in [0.4, 0.5) is 4.39 Å². The number of fused-ring (bicyclic) bond motifs is 6. The van der Waals surface area contributed by atoms with Crippen molar-refractivity contribution in [2.45, 2.75) is 53.1 Å². The molecule has 0 fully saturated rings. The topological polar surface area (TPSA) is 46.9 Å². The van der Waals surface area contributed by atoms with E-state index in [9.17, 15) is 9.50 Å². The molecule has 0 bridgehead atoms. The van der Waals surface area contributed by atoms with Crippen molar-refractivity contribution in [1.82, 2.24) is 9.47 Å². The van der Waals surface area contributed by atoms with Crippen molar-refractivity contribution in [3.05, 3.63) is 93.9 Å². The number of aliphatic hydroxyl groups is 1. The van der Waals surface area contributed by atoms with Gasteiger partial charge in [-0.3, -0.25) is 4.90 Å². The van der Waals surface area contributed by atoms with E-state index in [1.165, 1.54) is 33.8 Å². The molecule has 6 heteroatoms. The molecule has 0 saturated carbocycles. The van der Waals surface area contributed by atoms with E-state index in [2.05, 4.69) is 35.2 Å². The first-order valence-corrected chi connectivity index (χ1v) is 12.1. The monoisotopic (exact) mass is 488 g/mol. The van der Waals surface area contributed by atoms with E-state index in [0.29, 0.717) is 17.1 Å². The van der Waals surface area contributed by atoms with Gasteiger partial charge >= 0.3 is 0 Å². The molecule has 3 aromatic carbocycles. The highest BCUT2D eigenvalue weighted by Gasteiger charge is 2.35. The zero-order valence-electron chi connectivity index (χ0n) is 20.1. The van der Waals surface area contributed by atoms with Crippen molar-refractivity contribution in [1.29, 1.82) is 0 Å². The quantitative estimate of drug-likeness (QED) is 0.379. The maximum Gasteiger partial charge on any atom is 0.162 e. The number of para-hydroxylation sites is 1. The summed E-state index contributed by atoms with van der Waals surface area (Å²) < 4.78 is 28.2. The van der Waals surface area contributed by atoms with E-state index >= 15 is 0 Å². The van der Waals surface area contributed by atoms with Crippen LogP contribution in [-0.4, -0.2) is 28.2 Å². The van der Waals surface area contributed by atoms with Crippen LogP contribution in [-0.2, 0) is 32.7 Å². The number of aryl methyl sites for hydroxylation is 1. The second kappa shape index (κ2) is 9.60. The van der Waals surface area contributed by atoms with Gasteiger partial charge in [-0.25, -0.2) is 4.39 Å². The fourth-order valence-corrected chi connectivity index (χ4v) is 5.77. The van der Waals surface area contributed by atoms with Gasteiger partial charge in [-0.15, -0.1) is 0 Å². The zero-order chi connectivity index (χ0) is 24.1. The molecule has 188 valence electrons. The van der Waals surface area contributed by atoms with E-state index in [0.717, 1.165) is 37.0 Å². The summed E-state index contributed by atoms with van der Waals surface area (Å²) in [5, 5.41) is 11.3. The molecule has 0 radical (unpaired) electrons. The molecular weight excluding hydrogens is 455 g/mol. The lowest BCUT2D eigenvalue weighted by atomic mass is 9.85. The fourth-order valence-electron chi connectivity index (χ4n) is 5.77. The minimum atomic E-state index is -0.256. The number of aliphatic hydroxyl groups excluding tert-OH is 1. The number of benzene rings is 3. The first kappa shape index (κ1) is 24.3. The molecule has 1 aromatic heterocycles. The van der Waals surface area contributed by atoms with Crippen molar-refractivity contribution in [2.24, 2.45) is 0 Å². The number of halogens is 1. The van der Waals surface area contributed by atoms with E-state index in [-0.39, 0.29) is 32.6 Å². The summed E-state index contributed by atoms with van der Waals surface area (Å²) in [5.74, 6) is 1.06. The normalized spacial score (nSPS) is 16.6. The van der Waals surface area contributed by atoms with Crippen LogP contribution >= 0.6 is 0 Å². The Kier molecular flexibility index (Phi) is 6.49. The van der Waals surface area contributed by atoms with Gasteiger partial charge < -0.3 is 19.1 Å². The third-order valence-corrected chi connectivity index (χ3v) is 7.57. The molecule has 0 spiro atoms. The molecule has 4 aromatic rings. The van der Waals surface area contributed by atoms with Crippen molar-refractivity contribution < 1.29 is 19.0 Å². The second-order valence-corrected chi connectivity index (χ2v) is 9.54. The van der Waals surface area contributed by atoms with Crippen molar-refractivity contribution in [3.8, 4) is 11.5 Å². The Morgan fingerprint density at radius 2 is 1.92 bits per heavy atom. The molecule has 6 rings (SSSR count). The molecule has 3 heterocycles. The predicted molar refractivity (Wildman–Crippen MR) is 140 cm³/mol. The molecule has 0 aliphatic carbocycles. The molecular formula is C30H33FN2O3. The van der Waals surface area contributed by atoms with Crippen LogP contribution in [0, 0.1) is 12.7 Å². The highest BCUT2D eigenvalue weighted by molar-refractivity contribution is 5.86. The molecule has 2 aliphatic heterocycles. The number of aromatic nitrogens is 1. The molecule has 1 unspecified atom stereocenters. The van der Waals surface area contributed by atoms with Gasteiger partial charge in [0.2, 0.25) is 0 Å². The molecule has 0 saturated heterocycles. The first-order valence-electron chi connectivity index (χ1n) is 12.1. The van der Waals surface area contributed by atoms with Crippen molar-refractivity contribution >= 4 is 10.9 Å². The summed E-state index contributed by atoms with van der Waals surface area (Å²) in [7, 11) is 1.65. The second-order valence-electron chi connectivity index (χ2n) is 9.54. The van der Waals surface area contributed by atoms with Gasteiger partial charge in [0.1, 0.15) is 19.2 Å². The number of nitrogens with zero attached hydrogens (tertiary/aromatic N) is 2. The summed E-state index contributed by atoms with van der Waals surface area (Å²) >= 11 is 0. The molecule has 36 heavy (non-hydrogen) atoms. The third-order valence-electron chi connectivity index (χ3n) is 7.57. The Morgan fingerprint density at radius 3 is 2.69 bits per heavy atom. The summed E-state index contributed by atoms with van der Waals surface area (Å²) in [6.07, 6.45) is 1.79. The average Bonchev–Trinajstić information content (AvgIpc) is 3.19. The van der Waals surface area contributed by atoms with E-state index in [1.54, 1.807) is 13.2 Å². The van der Waals surface area contributed by atoms with Gasteiger partial charge in [0, 0.05) is 35.8 Å². The van der Waals surface area contributed by atoms with Gasteiger partial charge in [0.05, 0.1) is 12.6 Å². The predicted octanol–water partition coefficient (Wildman–Crippen LogP) is 5.92. The van der Waals surface area contributed by atoms with Gasteiger partial charge in [0.15, 0.2) is 11.5 Å². The standard InChI is InChI=1S/C29H29FN2O3.CH4/c1-18-7-8-20(24(30)11-18)16-35-29-14-22-19(12-28(29)34-2)9-10-31-15-27-23(13-26(22)31)21-5-3-4-6-25(21)32(27)17-33;/h3-8,11-12,14,26,33H,9-10,13,15-17H2,1-2H3;1H4. The maximum absolute atomic E-state index is 14.4. The maximum atomic E-state index is 14.4. The van der Waals surface area contributed by atoms with Crippen LogP contribution in [0.25, 0.3) is 10.9 Å². The third kappa shape index (κ3) is 3.94. The average molecular weight is 489 g/mol. The first-order chi connectivity index (χ1) is 17.1. The highest BCUT2D eigenvalue weighted by Crippen LogP contribution is 2.44. The lowest BCUT2D eigenvalue weighted by molar-refractivity contribution is 0.145. The number of hydrogen-bond donors (Lipinski definition) is 1. The Hall–Kier alpha value is -3.35. The Labute approximate surface area is 211 Å². The number of ether oxygens (including phenoxy) is 2. The molecule has 1 atom stereocenters. The molecule has 5 nitrogen and oxygen atoms in total. The molecule has 0 amide bonds. The lowest BCUT2D eigenvalue weighted by Crippen LogP contribution is -2.39. The van der Waals surface area contributed by atoms with Gasteiger partial charge in [-0.2, -0.15) is 0 Å². The van der Waals surface area contributed by atoms with Crippen LogP contribution in [0.1, 0.15) is 47.0 Å². The van der Waals surface area contributed by atoms with Gasteiger partial charge in [0.25, 0.3) is 0 Å². The lowest BCUT2D eigenvalue weighted by Gasteiger charge is -2.41. The Morgan fingerprint density at radius 1 is 1.08 bits per heavy atom. The minimum absolute atomic E-state index is 0. The molecule has 2 aliphatic rings. The van der Waals surface area contributed by atoms with Crippen molar-refractivity contribution in [3.63, 3.8) is 0 Å². The summed E-state index contributed by atoms with van der Waals surface area (Å²) in [5.41, 5.74) is 7.51. The zero-order valence-corrected chi connectivity index (χ0v) is 20.1. The van der Waals surface area contributed by atoms with E-state index in [4.69, 9.17) is 9.47 Å². The number of methoxy groups -OCH3 is 1. The number of rotatable bonds is 5. The van der Waals surface area contributed by atoms with Crippen LogP contribution in [0.15, 0.2) is 54.6 Å².